The van der Waals surface area contributed by atoms with Crippen LogP contribution < -0.4 is 0 Å². The van der Waals surface area contributed by atoms with E-state index in [1.807, 2.05) is 0 Å². The van der Waals surface area contributed by atoms with Crippen molar-refractivity contribution in [2.24, 2.45) is 0 Å². The molecule has 0 atom stereocenters. The largest absolute Gasteiger partial charge is 0.340 e. The summed E-state index contributed by atoms with van der Waals surface area (Å²) < 4.78 is 1.35. The van der Waals surface area contributed by atoms with Crippen LogP contribution in [-0.2, 0) is 0 Å². The number of aromatic amines is 1. The molecule has 0 aliphatic rings. The van der Waals surface area contributed by atoms with Crippen molar-refractivity contribution in [3.63, 3.8) is 0 Å². The summed E-state index contributed by atoms with van der Waals surface area (Å²) in [6.07, 6.45) is 2.97. The van der Waals surface area contributed by atoms with E-state index < -0.39 is 0 Å². The number of nitrogens with zero attached hydrogens (tertiary/aromatic N) is 6. The summed E-state index contributed by atoms with van der Waals surface area (Å²) in [7, 11) is 0. The van der Waals surface area contributed by atoms with Crippen molar-refractivity contribution in [1.82, 2.24) is 35.0 Å². The quantitative estimate of drug-likeness (QED) is 0.475. The van der Waals surface area contributed by atoms with E-state index in [0.29, 0.717) is 11.3 Å². The molecule has 0 bridgehead atoms. The molecule has 12 heavy (non-hydrogen) atoms. The molecule has 3 aromatic rings. The van der Waals surface area contributed by atoms with Gasteiger partial charge in [0.2, 0.25) is 11.3 Å². The van der Waals surface area contributed by atoms with Crippen molar-refractivity contribution >= 4 is 16.8 Å². The maximum Gasteiger partial charge on any atom is 0.205 e. The van der Waals surface area contributed by atoms with Gasteiger partial charge in [0, 0.05) is 0 Å². The molecule has 0 spiro atoms. The van der Waals surface area contributed by atoms with Gasteiger partial charge < -0.3 is 4.98 Å². The van der Waals surface area contributed by atoms with Crippen LogP contribution in [0.5, 0.6) is 0 Å². The van der Waals surface area contributed by atoms with Crippen LogP contribution in [0.3, 0.4) is 0 Å². The number of imidazole rings is 1. The third-order valence-electron chi connectivity index (χ3n) is 1.60. The van der Waals surface area contributed by atoms with Crippen LogP contribution in [0.15, 0.2) is 12.7 Å². The minimum atomic E-state index is 0.551. The van der Waals surface area contributed by atoms with Gasteiger partial charge in [-0.05, 0) is 5.21 Å². The Kier molecular flexibility index (Phi) is 0.817. The van der Waals surface area contributed by atoms with E-state index in [9.17, 15) is 0 Å². The van der Waals surface area contributed by atoms with Crippen molar-refractivity contribution in [2.75, 3.05) is 0 Å². The van der Waals surface area contributed by atoms with Crippen LogP contribution in [0.2, 0.25) is 0 Å². The van der Waals surface area contributed by atoms with Crippen molar-refractivity contribution in [3.8, 4) is 0 Å². The van der Waals surface area contributed by atoms with Crippen LogP contribution in [0, 0.1) is 0 Å². The van der Waals surface area contributed by atoms with E-state index in [0.717, 1.165) is 5.52 Å². The fraction of sp³-hybridized carbons (Fsp3) is 0. The smallest absolute Gasteiger partial charge is 0.205 e. The summed E-state index contributed by atoms with van der Waals surface area (Å²) >= 11 is 0. The highest BCUT2D eigenvalue weighted by Crippen LogP contribution is 2.07. The standard InChI is InChI=1S/C5H3N7/c1-6-3-4(7-1)10-11-12-5(3)8-2-9-12/h1-2H,(H,6,7). The van der Waals surface area contributed by atoms with Gasteiger partial charge in [-0.25, -0.2) is 9.97 Å². The first-order valence-electron chi connectivity index (χ1n) is 3.31. The summed E-state index contributed by atoms with van der Waals surface area (Å²) in [6, 6.07) is 0. The van der Waals surface area contributed by atoms with Gasteiger partial charge in [0.15, 0.2) is 0 Å². The molecule has 0 fully saturated rings. The Labute approximate surface area is 65.4 Å². The molecule has 0 aliphatic carbocycles. The Bertz CT molecular complexity index is 485. The fourth-order valence-corrected chi connectivity index (χ4v) is 1.08. The van der Waals surface area contributed by atoms with Gasteiger partial charge in [-0.3, -0.25) is 0 Å². The second-order valence-corrected chi connectivity index (χ2v) is 2.26. The van der Waals surface area contributed by atoms with Gasteiger partial charge in [0.25, 0.3) is 0 Å². The van der Waals surface area contributed by atoms with E-state index in [4.69, 9.17) is 0 Å². The molecule has 7 nitrogen and oxygen atoms in total. The van der Waals surface area contributed by atoms with Crippen molar-refractivity contribution < 1.29 is 0 Å². The lowest BCUT2D eigenvalue weighted by molar-refractivity contribution is 0.730. The van der Waals surface area contributed by atoms with E-state index in [-0.39, 0.29) is 0 Å². The maximum absolute atomic E-state index is 4.00. The third-order valence-corrected chi connectivity index (χ3v) is 1.60. The normalized spacial score (nSPS) is 11.3. The molecule has 3 aromatic heterocycles. The van der Waals surface area contributed by atoms with Crippen molar-refractivity contribution in [3.05, 3.63) is 12.7 Å². The van der Waals surface area contributed by atoms with E-state index in [1.54, 1.807) is 6.33 Å². The van der Waals surface area contributed by atoms with Crippen molar-refractivity contribution in [2.45, 2.75) is 0 Å². The van der Waals surface area contributed by atoms with Crippen LogP contribution in [0.25, 0.3) is 16.8 Å². The van der Waals surface area contributed by atoms with Crippen molar-refractivity contribution in [1.29, 1.82) is 0 Å². The monoisotopic (exact) mass is 161 g/mol. The Morgan fingerprint density at radius 2 is 2.33 bits per heavy atom. The third kappa shape index (κ3) is 0.529. The molecule has 0 aromatic carbocycles. The van der Waals surface area contributed by atoms with Crippen LogP contribution in [-0.4, -0.2) is 35.0 Å². The summed E-state index contributed by atoms with van der Waals surface area (Å²) in [6.45, 7) is 0. The predicted octanol–water partition coefficient (Wildman–Crippen LogP) is -0.604. The van der Waals surface area contributed by atoms with E-state index in [1.165, 1.54) is 11.0 Å². The number of fused-ring (bicyclic) bond motifs is 3. The first kappa shape index (κ1) is 5.58. The molecule has 0 saturated heterocycles. The molecular formula is C5H3N7. The summed E-state index contributed by atoms with van der Waals surface area (Å²) in [5.41, 5.74) is 1.94. The number of nitrogens with one attached hydrogen (secondary N) is 1. The lowest BCUT2D eigenvalue weighted by Gasteiger charge is -1.87. The Morgan fingerprint density at radius 3 is 3.33 bits per heavy atom. The summed E-state index contributed by atoms with van der Waals surface area (Å²) in [5.74, 6) is 0. The van der Waals surface area contributed by atoms with Gasteiger partial charge in [-0.2, -0.15) is 0 Å². The number of H-pyrrole nitrogens is 1. The van der Waals surface area contributed by atoms with Crippen LogP contribution in [0.1, 0.15) is 0 Å². The SMILES string of the molecule is c1nc2c3[nH]cnc3nnn2n1. The summed E-state index contributed by atoms with van der Waals surface area (Å²) in [5, 5.41) is 11.4. The first-order chi connectivity index (χ1) is 5.95. The second-order valence-electron chi connectivity index (χ2n) is 2.26. The highest BCUT2D eigenvalue weighted by Gasteiger charge is 2.05. The van der Waals surface area contributed by atoms with Crippen LogP contribution in [0.4, 0.5) is 0 Å². The average Bonchev–Trinajstić information content (AvgIpc) is 2.71. The molecule has 0 aliphatic heterocycles. The second kappa shape index (κ2) is 1.76. The lowest BCUT2D eigenvalue weighted by atomic mass is 10.5. The highest BCUT2D eigenvalue weighted by molar-refractivity contribution is 5.83. The molecule has 3 heterocycles. The number of hydrogen-bond acceptors (Lipinski definition) is 5. The molecule has 0 unspecified atom stereocenters. The van der Waals surface area contributed by atoms with Gasteiger partial charge in [0.1, 0.15) is 11.8 Å². The van der Waals surface area contributed by atoms with Gasteiger partial charge >= 0.3 is 0 Å². The van der Waals surface area contributed by atoms with Gasteiger partial charge in [-0.15, -0.1) is 14.8 Å². The van der Waals surface area contributed by atoms with E-state index >= 15 is 0 Å². The van der Waals surface area contributed by atoms with Crippen LogP contribution >= 0.6 is 0 Å². The summed E-state index contributed by atoms with van der Waals surface area (Å²) in [4.78, 5) is 10.8. The Balaban J connectivity index is 2.71. The molecule has 3 rings (SSSR count). The maximum atomic E-state index is 4.00. The lowest BCUT2D eigenvalue weighted by Crippen LogP contribution is -1.97. The topological polar surface area (TPSA) is 84.6 Å². The highest BCUT2D eigenvalue weighted by atomic mass is 15.5. The molecule has 0 amide bonds. The average molecular weight is 161 g/mol. The zero-order chi connectivity index (χ0) is 7.97. The van der Waals surface area contributed by atoms with Gasteiger partial charge in [0.05, 0.1) is 6.33 Å². The minimum absolute atomic E-state index is 0.551. The predicted molar refractivity (Wildman–Crippen MR) is 38.2 cm³/mol. The Hall–Kier alpha value is -2.05. The minimum Gasteiger partial charge on any atom is -0.340 e. The number of rotatable bonds is 0. The first-order valence-corrected chi connectivity index (χ1v) is 3.31. The molecular weight excluding hydrogens is 158 g/mol. The molecule has 0 saturated carbocycles. The number of aromatic nitrogens is 7. The van der Waals surface area contributed by atoms with Gasteiger partial charge in [-0.1, -0.05) is 0 Å². The molecule has 0 radical (unpaired) electrons. The zero-order valence-electron chi connectivity index (χ0n) is 5.84. The molecule has 7 heteroatoms. The zero-order valence-corrected chi connectivity index (χ0v) is 5.84. The van der Waals surface area contributed by atoms with E-state index in [2.05, 4.69) is 30.4 Å². The molecule has 1 N–H and O–H groups in total. The molecule has 58 valence electrons. The Morgan fingerprint density at radius 1 is 1.33 bits per heavy atom. The number of hydrogen-bond donors (Lipinski definition) is 1. The fourth-order valence-electron chi connectivity index (χ4n) is 1.08.